The van der Waals surface area contributed by atoms with Crippen molar-refractivity contribution in [1.82, 2.24) is 9.55 Å². The van der Waals surface area contributed by atoms with Crippen molar-refractivity contribution in [3.63, 3.8) is 0 Å². The van der Waals surface area contributed by atoms with E-state index in [1.807, 2.05) is 38.1 Å². The number of fused-ring (bicyclic) bond motifs is 1. The van der Waals surface area contributed by atoms with Crippen LogP contribution in [0.15, 0.2) is 66.1 Å². The first-order valence-corrected chi connectivity index (χ1v) is 12.2. The molecule has 0 aliphatic carbocycles. The highest BCUT2D eigenvalue weighted by molar-refractivity contribution is 6.41. The van der Waals surface area contributed by atoms with Crippen LogP contribution < -0.4 is 20.3 Å². The second kappa shape index (κ2) is 10.7. The molecule has 2 aromatic heterocycles. The van der Waals surface area contributed by atoms with Crippen LogP contribution in [0.4, 0.5) is 5.69 Å². The number of nitrogens with zero attached hydrogens (tertiary/aromatic N) is 2. The maximum Gasteiger partial charge on any atom is 0.259 e. The minimum Gasteiger partial charge on any atom is -0.495 e. The van der Waals surface area contributed by atoms with Gasteiger partial charge in [0.2, 0.25) is 5.91 Å². The maximum absolute atomic E-state index is 13.9. The van der Waals surface area contributed by atoms with E-state index in [-0.39, 0.29) is 27.6 Å². The lowest BCUT2D eigenvalue weighted by molar-refractivity contribution is -0.111. The van der Waals surface area contributed by atoms with E-state index < -0.39 is 0 Å². The molecule has 0 unspecified atom stereocenters. The smallest absolute Gasteiger partial charge is 0.259 e. The zero-order valence-electron chi connectivity index (χ0n) is 20.8. The van der Waals surface area contributed by atoms with Crippen molar-refractivity contribution >= 4 is 45.7 Å². The number of halogens is 2. The Kier molecular flexibility index (Phi) is 7.57. The fourth-order valence-corrected chi connectivity index (χ4v) is 4.90. The number of ether oxygens (including phenoxy) is 2. The third-order valence-electron chi connectivity index (χ3n) is 5.93. The highest BCUT2D eigenvalue weighted by atomic mass is 35.5. The molecule has 2 aromatic carbocycles. The molecule has 0 spiro atoms. The first kappa shape index (κ1) is 26.3. The molecule has 4 rings (SSSR count). The zero-order chi connectivity index (χ0) is 26.9. The lowest BCUT2D eigenvalue weighted by atomic mass is 10.0. The number of nitrogens with one attached hydrogen (secondary N) is 1. The summed E-state index contributed by atoms with van der Waals surface area (Å²) in [5.74, 6) is 0.333. The predicted molar refractivity (Wildman–Crippen MR) is 149 cm³/mol. The Labute approximate surface area is 224 Å². The number of pyridine rings is 2. The van der Waals surface area contributed by atoms with E-state index in [2.05, 4.69) is 16.9 Å². The van der Waals surface area contributed by atoms with E-state index in [0.29, 0.717) is 50.5 Å². The molecule has 0 atom stereocenters. The van der Waals surface area contributed by atoms with E-state index in [1.165, 1.54) is 20.3 Å². The Morgan fingerprint density at radius 3 is 2.30 bits per heavy atom. The van der Waals surface area contributed by atoms with E-state index in [9.17, 15) is 9.59 Å². The number of anilines is 1. The van der Waals surface area contributed by atoms with Crippen molar-refractivity contribution in [2.45, 2.75) is 19.9 Å². The van der Waals surface area contributed by atoms with Gasteiger partial charge in [0.05, 0.1) is 46.7 Å². The Morgan fingerprint density at radius 1 is 1.05 bits per heavy atom. The molecule has 2 heterocycles. The first-order valence-electron chi connectivity index (χ1n) is 11.4. The van der Waals surface area contributed by atoms with Crippen LogP contribution in [0.25, 0.3) is 33.3 Å². The van der Waals surface area contributed by atoms with Crippen molar-refractivity contribution in [3.05, 3.63) is 81.7 Å². The molecular formula is C28H25Cl2N3O4. The summed E-state index contributed by atoms with van der Waals surface area (Å²) in [6, 6.07) is 12.2. The predicted octanol–water partition coefficient (Wildman–Crippen LogP) is 6.76. The molecule has 0 fully saturated rings. The summed E-state index contributed by atoms with van der Waals surface area (Å²) in [6.07, 6.45) is 2.88. The molecule has 0 saturated heterocycles. The van der Waals surface area contributed by atoms with Crippen LogP contribution in [0.2, 0.25) is 10.0 Å². The van der Waals surface area contributed by atoms with Crippen molar-refractivity contribution in [1.29, 1.82) is 0 Å². The Bertz CT molecular complexity index is 1570. The molecule has 0 aliphatic heterocycles. The monoisotopic (exact) mass is 537 g/mol. The van der Waals surface area contributed by atoms with Crippen molar-refractivity contribution in [2.75, 3.05) is 19.5 Å². The van der Waals surface area contributed by atoms with Gasteiger partial charge in [0, 0.05) is 34.8 Å². The molecule has 0 aliphatic rings. The standard InChI is InChI=1S/C28H25Cl2N3O4/c1-6-24(34)32-19-10-8-7-9-17(19)20-12-21-16(14-31-20)11-18(28(35)33(21)15(2)3)25-26(29)22(36-4)13-23(37-5)27(25)30/h6-15H,1H2,2-5H3,(H,32,34). The fraction of sp³-hybridized carbons (Fsp3) is 0.179. The molecule has 7 nitrogen and oxygen atoms in total. The van der Waals surface area contributed by atoms with Gasteiger partial charge in [0.15, 0.2) is 0 Å². The SMILES string of the molecule is C=CC(=O)Nc1ccccc1-c1cc2c(cn1)cc(-c1c(Cl)c(OC)cc(OC)c1Cl)c(=O)n2C(C)C. The number of carbonyl (C=O) groups is 1. The molecule has 0 radical (unpaired) electrons. The van der Waals surface area contributed by atoms with Gasteiger partial charge < -0.3 is 19.4 Å². The topological polar surface area (TPSA) is 82.5 Å². The average molecular weight is 538 g/mol. The van der Waals surface area contributed by atoms with Gasteiger partial charge >= 0.3 is 0 Å². The third-order valence-corrected chi connectivity index (χ3v) is 6.68. The molecule has 0 saturated carbocycles. The van der Waals surface area contributed by atoms with Gasteiger partial charge in [-0.05, 0) is 38.1 Å². The second-order valence-electron chi connectivity index (χ2n) is 8.48. The molecule has 9 heteroatoms. The van der Waals surface area contributed by atoms with Gasteiger partial charge in [-0.15, -0.1) is 0 Å². The summed E-state index contributed by atoms with van der Waals surface area (Å²) in [4.78, 5) is 30.5. The minimum atomic E-state index is -0.334. The van der Waals surface area contributed by atoms with Crippen LogP contribution in [-0.2, 0) is 4.79 Å². The Morgan fingerprint density at radius 2 is 1.70 bits per heavy atom. The van der Waals surface area contributed by atoms with Crippen molar-refractivity contribution in [2.24, 2.45) is 0 Å². The summed E-state index contributed by atoms with van der Waals surface area (Å²) in [6.45, 7) is 7.34. The molecule has 37 heavy (non-hydrogen) atoms. The van der Waals surface area contributed by atoms with E-state index >= 15 is 0 Å². The first-order chi connectivity index (χ1) is 17.7. The molecule has 190 valence electrons. The van der Waals surface area contributed by atoms with Gasteiger partial charge in [-0.2, -0.15) is 0 Å². The molecule has 4 aromatic rings. The summed E-state index contributed by atoms with van der Waals surface area (Å²) in [5.41, 5.74) is 2.87. The Balaban J connectivity index is 2.00. The van der Waals surface area contributed by atoms with Gasteiger partial charge in [0.25, 0.3) is 5.56 Å². The van der Waals surface area contributed by atoms with Crippen molar-refractivity contribution in [3.8, 4) is 33.9 Å². The number of amides is 1. The van der Waals surface area contributed by atoms with E-state index in [4.69, 9.17) is 32.7 Å². The molecular weight excluding hydrogens is 513 g/mol. The highest BCUT2D eigenvalue weighted by Crippen LogP contribution is 2.45. The quantitative estimate of drug-likeness (QED) is 0.263. The van der Waals surface area contributed by atoms with Crippen molar-refractivity contribution < 1.29 is 14.3 Å². The van der Waals surface area contributed by atoms with Crippen LogP contribution in [0.5, 0.6) is 11.5 Å². The summed E-state index contributed by atoms with van der Waals surface area (Å²) in [7, 11) is 2.96. The van der Waals surface area contributed by atoms with Gasteiger partial charge in [-0.25, -0.2) is 0 Å². The van der Waals surface area contributed by atoms with Gasteiger partial charge in [-0.3, -0.25) is 14.6 Å². The maximum atomic E-state index is 13.9. The number of para-hydroxylation sites is 1. The minimum absolute atomic E-state index is 0.203. The third kappa shape index (κ3) is 4.80. The molecule has 0 bridgehead atoms. The van der Waals surface area contributed by atoms with Crippen LogP contribution in [0, 0.1) is 0 Å². The summed E-state index contributed by atoms with van der Waals surface area (Å²) in [5, 5.41) is 3.91. The second-order valence-corrected chi connectivity index (χ2v) is 9.23. The number of hydrogen-bond donors (Lipinski definition) is 1. The Hall–Kier alpha value is -3.81. The van der Waals surface area contributed by atoms with Crippen LogP contribution in [-0.4, -0.2) is 29.7 Å². The van der Waals surface area contributed by atoms with Crippen LogP contribution in [0.3, 0.4) is 0 Å². The van der Waals surface area contributed by atoms with Crippen LogP contribution >= 0.6 is 23.2 Å². The van der Waals surface area contributed by atoms with Gasteiger partial charge in [0.1, 0.15) is 11.5 Å². The summed E-state index contributed by atoms with van der Waals surface area (Å²) >= 11 is 13.3. The fourth-order valence-electron chi connectivity index (χ4n) is 4.19. The number of carbonyl (C=O) groups excluding carboxylic acids is 1. The van der Waals surface area contributed by atoms with Crippen LogP contribution in [0.1, 0.15) is 19.9 Å². The lowest BCUT2D eigenvalue weighted by Gasteiger charge is -2.19. The van der Waals surface area contributed by atoms with E-state index in [1.54, 1.807) is 29.0 Å². The number of methoxy groups -OCH3 is 2. The number of hydrogen-bond acceptors (Lipinski definition) is 5. The zero-order valence-corrected chi connectivity index (χ0v) is 22.3. The average Bonchev–Trinajstić information content (AvgIpc) is 2.89. The molecule has 1 N–H and O–H groups in total. The highest BCUT2D eigenvalue weighted by Gasteiger charge is 2.23. The lowest BCUT2D eigenvalue weighted by Crippen LogP contribution is -2.24. The van der Waals surface area contributed by atoms with Gasteiger partial charge in [-0.1, -0.05) is 48.0 Å². The summed E-state index contributed by atoms with van der Waals surface area (Å²) < 4.78 is 12.5. The normalized spacial score (nSPS) is 11.0. The van der Waals surface area contributed by atoms with E-state index in [0.717, 1.165) is 0 Å². The number of aromatic nitrogens is 2. The largest absolute Gasteiger partial charge is 0.495 e. The molecule has 1 amide bonds. The number of rotatable bonds is 7. The number of benzene rings is 2.